The molecule has 17 heavy (non-hydrogen) atoms. The highest BCUT2D eigenvalue weighted by Gasteiger charge is 2.09. The van der Waals surface area contributed by atoms with Crippen LogP contribution in [-0.2, 0) is 16.4 Å². The van der Waals surface area contributed by atoms with Gasteiger partial charge in [-0.2, -0.15) is 0 Å². The van der Waals surface area contributed by atoms with Gasteiger partial charge in [-0.15, -0.1) is 0 Å². The molecule has 0 aliphatic carbocycles. The highest BCUT2D eigenvalue weighted by atomic mass is 35.5. The molecule has 0 atom stereocenters. The molecule has 0 bridgehead atoms. The second-order valence-electron chi connectivity index (χ2n) is 3.49. The van der Waals surface area contributed by atoms with Crippen LogP contribution in [-0.4, -0.2) is 31.6 Å². The first-order chi connectivity index (χ1) is 7.98. The first-order valence-electron chi connectivity index (χ1n) is 5.21. The van der Waals surface area contributed by atoms with Gasteiger partial charge < -0.3 is 9.84 Å². The summed E-state index contributed by atoms with van der Waals surface area (Å²) in [5, 5.41) is 9.59. The average Bonchev–Trinajstić information content (AvgIpc) is 2.30. The quantitative estimate of drug-likeness (QED) is 0.859. The molecule has 1 aromatic rings. The van der Waals surface area contributed by atoms with Gasteiger partial charge in [0.05, 0.1) is 12.4 Å². The maximum Gasteiger partial charge on any atom is 0.153 e. The van der Waals surface area contributed by atoms with Crippen molar-refractivity contribution in [3.05, 3.63) is 28.8 Å². The van der Waals surface area contributed by atoms with Crippen LogP contribution in [0.25, 0.3) is 0 Å². The number of aliphatic hydroxyl groups is 1. The molecule has 0 fully saturated rings. The third kappa shape index (κ3) is 4.53. The fourth-order valence-electron chi connectivity index (χ4n) is 1.24. The second-order valence-corrected chi connectivity index (χ2v) is 6.40. The van der Waals surface area contributed by atoms with Crippen LogP contribution in [0.3, 0.4) is 0 Å². The molecule has 4 nitrogen and oxygen atoms in total. The summed E-state index contributed by atoms with van der Waals surface area (Å²) in [7, 11) is -3.03. The summed E-state index contributed by atoms with van der Waals surface area (Å²) in [5.41, 5.74) is 0.548. The number of benzene rings is 1. The van der Waals surface area contributed by atoms with Crippen molar-refractivity contribution in [2.45, 2.75) is 13.5 Å². The zero-order valence-corrected chi connectivity index (χ0v) is 11.1. The van der Waals surface area contributed by atoms with E-state index >= 15 is 0 Å². The molecule has 0 radical (unpaired) electrons. The predicted molar refractivity (Wildman–Crippen MR) is 67.2 cm³/mol. The lowest BCUT2D eigenvalue weighted by Crippen LogP contribution is -2.16. The Morgan fingerprint density at radius 1 is 1.41 bits per heavy atom. The van der Waals surface area contributed by atoms with E-state index in [4.69, 9.17) is 21.4 Å². The molecule has 0 heterocycles. The SMILES string of the molecule is CCS(=O)(=O)CCOc1ccc(Cl)cc1CO. The molecule has 0 amide bonds. The normalized spacial score (nSPS) is 11.5. The highest BCUT2D eigenvalue weighted by Crippen LogP contribution is 2.22. The molecular weight excluding hydrogens is 264 g/mol. The lowest BCUT2D eigenvalue weighted by molar-refractivity contribution is 0.267. The van der Waals surface area contributed by atoms with Crippen molar-refractivity contribution in [2.75, 3.05) is 18.1 Å². The van der Waals surface area contributed by atoms with Crippen molar-refractivity contribution in [1.82, 2.24) is 0 Å². The Hall–Kier alpha value is -0.780. The Morgan fingerprint density at radius 2 is 2.12 bits per heavy atom. The lowest BCUT2D eigenvalue weighted by Gasteiger charge is -2.10. The molecule has 96 valence electrons. The lowest BCUT2D eigenvalue weighted by atomic mass is 10.2. The van der Waals surface area contributed by atoms with Gasteiger partial charge in [0.25, 0.3) is 0 Å². The van der Waals surface area contributed by atoms with Gasteiger partial charge in [0.2, 0.25) is 0 Å². The van der Waals surface area contributed by atoms with Gasteiger partial charge in [0.15, 0.2) is 9.84 Å². The van der Waals surface area contributed by atoms with E-state index in [1.807, 2.05) is 0 Å². The van der Waals surface area contributed by atoms with Crippen LogP contribution in [0.5, 0.6) is 5.75 Å². The minimum absolute atomic E-state index is 0.0308. The third-order valence-corrected chi connectivity index (χ3v) is 4.19. The van der Waals surface area contributed by atoms with Gasteiger partial charge in [0.1, 0.15) is 12.4 Å². The van der Waals surface area contributed by atoms with Crippen LogP contribution in [0.1, 0.15) is 12.5 Å². The first kappa shape index (κ1) is 14.3. The summed E-state index contributed by atoms with van der Waals surface area (Å²) in [6, 6.07) is 4.84. The number of hydrogen-bond donors (Lipinski definition) is 1. The summed E-state index contributed by atoms with van der Waals surface area (Å²) < 4.78 is 27.8. The zero-order valence-electron chi connectivity index (χ0n) is 9.52. The van der Waals surface area contributed by atoms with Crippen LogP contribution in [0, 0.1) is 0 Å². The maximum atomic E-state index is 11.2. The summed E-state index contributed by atoms with van der Waals surface area (Å²) in [6.45, 7) is 1.47. The van der Waals surface area contributed by atoms with E-state index in [1.165, 1.54) is 0 Å². The van der Waals surface area contributed by atoms with E-state index in [-0.39, 0.29) is 24.7 Å². The largest absolute Gasteiger partial charge is 0.492 e. The summed E-state index contributed by atoms with van der Waals surface area (Å²) >= 11 is 5.76. The summed E-state index contributed by atoms with van der Waals surface area (Å²) in [6.07, 6.45) is 0. The van der Waals surface area contributed by atoms with Crippen molar-refractivity contribution in [3.63, 3.8) is 0 Å². The van der Waals surface area contributed by atoms with Crippen LogP contribution in [0.2, 0.25) is 5.02 Å². The van der Waals surface area contributed by atoms with Crippen molar-refractivity contribution in [2.24, 2.45) is 0 Å². The molecule has 0 saturated carbocycles. The first-order valence-corrected chi connectivity index (χ1v) is 7.41. The molecule has 0 aromatic heterocycles. The van der Waals surface area contributed by atoms with E-state index in [9.17, 15) is 8.42 Å². The van der Waals surface area contributed by atoms with Gasteiger partial charge in [-0.1, -0.05) is 18.5 Å². The van der Waals surface area contributed by atoms with Crippen molar-refractivity contribution in [1.29, 1.82) is 0 Å². The van der Waals surface area contributed by atoms with Gasteiger partial charge in [-0.05, 0) is 18.2 Å². The fourth-order valence-corrected chi connectivity index (χ4v) is 2.06. The zero-order chi connectivity index (χ0) is 12.9. The van der Waals surface area contributed by atoms with Crippen LogP contribution < -0.4 is 4.74 Å². The van der Waals surface area contributed by atoms with E-state index in [2.05, 4.69) is 0 Å². The van der Waals surface area contributed by atoms with E-state index in [0.717, 1.165) is 0 Å². The maximum absolute atomic E-state index is 11.2. The van der Waals surface area contributed by atoms with Gasteiger partial charge in [0, 0.05) is 16.3 Å². The number of aliphatic hydroxyl groups excluding tert-OH is 1. The average molecular weight is 279 g/mol. The molecule has 1 N–H and O–H groups in total. The van der Waals surface area contributed by atoms with Crippen molar-refractivity contribution >= 4 is 21.4 Å². The smallest absolute Gasteiger partial charge is 0.153 e. The van der Waals surface area contributed by atoms with Crippen molar-refractivity contribution in [3.8, 4) is 5.75 Å². The Kier molecular flexibility index (Phi) is 5.24. The molecular formula is C11H15ClO4S. The number of rotatable bonds is 6. The standard InChI is InChI=1S/C11H15ClO4S/c1-2-17(14,15)6-5-16-11-4-3-10(12)7-9(11)8-13/h3-4,7,13H,2,5-6,8H2,1H3. The Morgan fingerprint density at radius 3 is 2.71 bits per heavy atom. The predicted octanol–water partition coefficient (Wildman–Crippen LogP) is 1.65. The summed E-state index contributed by atoms with van der Waals surface area (Å²) in [4.78, 5) is 0. The van der Waals surface area contributed by atoms with E-state index in [1.54, 1.807) is 25.1 Å². The molecule has 0 aliphatic rings. The highest BCUT2D eigenvalue weighted by molar-refractivity contribution is 7.91. The molecule has 0 saturated heterocycles. The Bertz CT molecular complexity index is 470. The van der Waals surface area contributed by atoms with Crippen molar-refractivity contribution < 1.29 is 18.3 Å². The van der Waals surface area contributed by atoms with E-state index < -0.39 is 9.84 Å². The van der Waals surface area contributed by atoms with Gasteiger partial charge in [-0.25, -0.2) is 8.42 Å². The van der Waals surface area contributed by atoms with Gasteiger partial charge >= 0.3 is 0 Å². The third-order valence-electron chi connectivity index (χ3n) is 2.28. The Balaban J connectivity index is 2.64. The number of halogens is 1. The minimum Gasteiger partial charge on any atom is -0.492 e. The van der Waals surface area contributed by atoms with Crippen LogP contribution >= 0.6 is 11.6 Å². The topological polar surface area (TPSA) is 63.6 Å². The molecule has 0 spiro atoms. The fraction of sp³-hybridized carbons (Fsp3) is 0.455. The van der Waals surface area contributed by atoms with Crippen LogP contribution in [0.15, 0.2) is 18.2 Å². The number of sulfone groups is 1. The number of ether oxygens (including phenoxy) is 1. The second kappa shape index (κ2) is 6.23. The Labute approximate surface area is 106 Å². The molecule has 1 aromatic carbocycles. The van der Waals surface area contributed by atoms with Crippen LogP contribution in [0.4, 0.5) is 0 Å². The van der Waals surface area contributed by atoms with E-state index in [0.29, 0.717) is 16.3 Å². The molecule has 1 rings (SSSR count). The minimum atomic E-state index is -3.03. The molecule has 0 aliphatic heterocycles. The molecule has 0 unspecified atom stereocenters. The van der Waals surface area contributed by atoms with Gasteiger partial charge in [-0.3, -0.25) is 0 Å². The summed E-state index contributed by atoms with van der Waals surface area (Å²) in [5.74, 6) is 0.532. The monoisotopic (exact) mass is 278 g/mol. The number of hydrogen-bond acceptors (Lipinski definition) is 4. The molecule has 6 heteroatoms.